The summed E-state index contributed by atoms with van der Waals surface area (Å²) >= 11 is 0. The third-order valence-corrected chi connectivity index (χ3v) is 4.37. The van der Waals surface area contributed by atoms with Crippen molar-refractivity contribution < 1.29 is 9.59 Å². The molecule has 0 bridgehead atoms. The lowest BCUT2D eigenvalue weighted by Crippen LogP contribution is -2.41. The molecule has 0 spiro atoms. The second-order valence-corrected chi connectivity index (χ2v) is 6.32. The number of pyridine rings is 1. The number of carbonyl (C=O) groups excluding carboxylic acids is 2. The minimum Gasteiger partial charge on any atom is -0.318 e. The number of para-hydroxylation sites is 1. The van der Waals surface area contributed by atoms with Crippen molar-refractivity contribution in [1.29, 1.82) is 0 Å². The standard InChI is InChI=1S/C21H22N4O2/c1-15-13-19(16(2)25(15)18-8-4-3-5-9-18)21(27)24-23-20(26)11-10-17-7-6-12-22-14-17/h3-9,12-14H,10-11H2,1-2H3,(H,23,26)(H,24,27). The van der Waals surface area contributed by atoms with Crippen LogP contribution in [0.3, 0.4) is 0 Å². The van der Waals surface area contributed by atoms with E-state index in [1.54, 1.807) is 12.4 Å². The summed E-state index contributed by atoms with van der Waals surface area (Å²) in [6.45, 7) is 3.84. The second kappa shape index (κ2) is 8.31. The maximum absolute atomic E-state index is 12.5. The number of benzene rings is 1. The quantitative estimate of drug-likeness (QED) is 0.685. The third kappa shape index (κ3) is 4.41. The Hall–Kier alpha value is -3.41. The Morgan fingerprint density at radius 1 is 1.04 bits per heavy atom. The first kappa shape index (κ1) is 18.4. The number of carbonyl (C=O) groups is 2. The molecular weight excluding hydrogens is 340 g/mol. The maximum Gasteiger partial charge on any atom is 0.271 e. The van der Waals surface area contributed by atoms with Crippen LogP contribution in [0.15, 0.2) is 60.9 Å². The van der Waals surface area contributed by atoms with Gasteiger partial charge in [-0.25, -0.2) is 0 Å². The van der Waals surface area contributed by atoms with Gasteiger partial charge in [0.05, 0.1) is 5.56 Å². The summed E-state index contributed by atoms with van der Waals surface area (Å²) in [6, 6.07) is 15.4. The van der Waals surface area contributed by atoms with Gasteiger partial charge in [0.1, 0.15) is 0 Å². The molecule has 6 heteroatoms. The average Bonchev–Trinajstić information content (AvgIpc) is 3.00. The van der Waals surface area contributed by atoms with Gasteiger partial charge in [0.25, 0.3) is 5.91 Å². The predicted molar refractivity (Wildman–Crippen MR) is 103 cm³/mol. The smallest absolute Gasteiger partial charge is 0.271 e. The average molecular weight is 362 g/mol. The van der Waals surface area contributed by atoms with E-state index in [-0.39, 0.29) is 18.2 Å². The van der Waals surface area contributed by atoms with Crippen molar-refractivity contribution in [2.24, 2.45) is 0 Å². The van der Waals surface area contributed by atoms with Crippen LogP contribution in [0.4, 0.5) is 0 Å². The van der Waals surface area contributed by atoms with Gasteiger partial charge in [-0.1, -0.05) is 24.3 Å². The van der Waals surface area contributed by atoms with Crippen LogP contribution in [-0.2, 0) is 11.2 Å². The van der Waals surface area contributed by atoms with Crippen LogP contribution >= 0.6 is 0 Å². The first-order chi connectivity index (χ1) is 13.1. The van der Waals surface area contributed by atoms with Crippen molar-refractivity contribution in [3.63, 3.8) is 0 Å². The molecule has 0 aliphatic rings. The highest BCUT2D eigenvalue weighted by Gasteiger charge is 2.17. The molecule has 3 rings (SSSR count). The van der Waals surface area contributed by atoms with Crippen molar-refractivity contribution in [2.75, 3.05) is 0 Å². The topological polar surface area (TPSA) is 76.0 Å². The summed E-state index contributed by atoms with van der Waals surface area (Å²) in [7, 11) is 0. The summed E-state index contributed by atoms with van der Waals surface area (Å²) in [5, 5.41) is 0. The highest BCUT2D eigenvalue weighted by atomic mass is 16.2. The van der Waals surface area contributed by atoms with Crippen LogP contribution in [0.5, 0.6) is 0 Å². The lowest BCUT2D eigenvalue weighted by atomic mass is 10.1. The molecule has 0 radical (unpaired) electrons. The molecule has 0 fully saturated rings. The van der Waals surface area contributed by atoms with Gasteiger partial charge in [-0.3, -0.25) is 25.4 Å². The highest BCUT2D eigenvalue weighted by molar-refractivity contribution is 5.97. The van der Waals surface area contributed by atoms with E-state index in [4.69, 9.17) is 0 Å². The maximum atomic E-state index is 12.5. The van der Waals surface area contributed by atoms with Gasteiger partial charge >= 0.3 is 0 Å². The number of rotatable bonds is 5. The largest absolute Gasteiger partial charge is 0.318 e. The van der Waals surface area contributed by atoms with Crippen LogP contribution in [-0.4, -0.2) is 21.4 Å². The summed E-state index contributed by atoms with van der Waals surface area (Å²) in [6.07, 6.45) is 4.26. The Labute approximate surface area is 158 Å². The number of hydrogen-bond donors (Lipinski definition) is 2. The van der Waals surface area contributed by atoms with Gasteiger partial charge in [0.2, 0.25) is 5.91 Å². The molecule has 6 nitrogen and oxygen atoms in total. The molecule has 0 saturated carbocycles. The zero-order valence-electron chi connectivity index (χ0n) is 15.4. The Kier molecular flexibility index (Phi) is 5.66. The molecule has 0 saturated heterocycles. The molecule has 2 N–H and O–H groups in total. The van der Waals surface area contributed by atoms with Gasteiger partial charge in [-0.15, -0.1) is 0 Å². The molecule has 0 unspecified atom stereocenters. The van der Waals surface area contributed by atoms with E-state index in [0.29, 0.717) is 12.0 Å². The summed E-state index contributed by atoms with van der Waals surface area (Å²) < 4.78 is 2.01. The van der Waals surface area contributed by atoms with Gasteiger partial charge in [0, 0.05) is 35.9 Å². The predicted octanol–water partition coefficient (Wildman–Crippen LogP) is 2.88. The molecule has 0 aliphatic carbocycles. The van der Waals surface area contributed by atoms with Gasteiger partial charge < -0.3 is 4.57 Å². The minimum atomic E-state index is -0.333. The molecule has 2 amide bonds. The first-order valence-electron chi connectivity index (χ1n) is 8.78. The molecule has 27 heavy (non-hydrogen) atoms. The molecule has 0 aliphatic heterocycles. The van der Waals surface area contributed by atoms with Crippen molar-refractivity contribution in [3.05, 3.63) is 83.4 Å². The summed E-state index contributed by atoms with van der Waals surface area (Å²) in [5.41, 5.74) is 9.25. The van der Waals surface area contributed by atoms with Crippen LogP contribution in [0.25, 0.3) is 5.69 Å². The van der Waals surface area contributed by atoms with Crippen molar-refractivity contribution in [1.82, 2.24) is 20.4 Å². The monoisotopic (exact) mass is 362 g/mol. The molecule has 3 aromatic rings. The van der Waals surface area contributed by atoms with Crippen LogP contribution < -0.4 is 10.9 Å². The minimum absolute atomic E-state index is 0.246. The van der Waals surface area contributed by atoms with E-state index in [0.717, 1.165) is 22.6 Å². The lowest BCUT2D eigenvalue weighted by Gasteiger charge is -2.10. The van der Waals surface area contributed by atoms with E-state index in [2.05, 4.69) is 15.8 Å². The SMILES string of the molecule is Cc1cc(C(=O)NNC(=O)CCc2cccnc2)c(C)n1-c1ccccc1. The Morgan fingerprint density at radius 2 is 1.81 bits per heavy atom. The molecule has 2 heterocycles. The van der Waals surface area contributed by atoms with E-state index in [1.165, 1.54) is 0 Å². The Bertz CT molecular complexity index is 934. The van der Waals surface area contributed by atoms with Crippen LogP contribution in [0.1, 0.15) is 33.7 Å². The number of amides is 2. The fourth-order valence-corrected chi connectivity index (χ4v) is 3.03. The first-order valence-corrected chi connectivity index (χ1v) is 8.78. The van der Waals surface area contributed by atoms with E-state index in [1.807, 2.05) is 66.9 Å². The number of nitrogens with one attached hydrogen (secondary N) is 2. The van der Waals surface area contributed by atoms with Crippen molar-refractivity contribution in [3.8, 4) is 5.69 Å². The number of nitrogens with zero attached hydrogens (tertiary/aromatic N) is 2. The van der Waals surface area contributed by atoms with E-state index >= 15 is 0 Å². The number of aryl methyl sites for hydroxylation is 2. The van der Waals surface area contributed by atoms with E-state index < -0.39 is 0 Å². The highest BCUT2D eigenvalue weighted by Crippen LogP contribution is 2.20. The van der Waals surface area contributed by atoms with Gasteiger partial charge in [-0.2, -0.15) is 0 Å². The van der Waals surface area contributed by atoms with Gasteiger partial charge in [-0.05, 0) is 50.1 Å². The third-order valence-electron chi connectivity index (χ3n) is 4.37. The molecule has 138 valence electrons. The summed E-state index contributed by atoms with van der Waals surface area (Å²) in [4.78, 5) is 28.5. The molecular formula is C21H22N4O2. The zero-order valence-corrected chi connectivity index (χ0v) is 15.4. The fourth-order valence-electron chi connectivity index (χ4n) is 3.03. The Balaban J connectivity index is 1.61. The zero-order chi connectivity index (χ0) is 19.2. The lowest BCUT2D eigenvalue weighted by molar-refractivity contribution is -0.121. The molecule has 1 aromatic carbocycles. The fraction of sp³-hybridized carbons (Fsp3) is 0.190. The van der Waals surface area contributed by atoms with Crippen molar-refractivity contribution in [2.45, 2.75) is 26.7 Å². The summed E-state index contributed by atoms with van der Waals surface area (Å²) in [5.74, 6) is -0.580. The van der Waals surface area contributed by atoms with Gasteiger partial charge in [0.15, 0.2) is 0 Å². The normalized spacial score (nSPS) is 10.4. The number of aromatic nitrogens is 2. The number of hydrazine groups is 1. The van der Waals surface area contributed by atoms with Crippen molar-refractivity contribution >= 4 is 11.8 Å². The van der Waals surface area contributed by atoms with Crippen LogP contribution in [0, 0.1) is 13.8 Å². The molecule has 2 aromatic heterocycles. The Morgan fingerprint density at radius 3 is 2.52 bits per heavy atom. The molecule has 0 atom stereocenters. The van der Waals surface area contributed by atoms with E-state index in [9.17, 15) is 9.59 Å². The van der Waals surface area contributed by atoms with Crippen LogP contribution in [0.2, 0.25) is 0 Å². The second-order valence-electron chi connectivity index (χ2n) is 6.32. The number of hydrogen-bond acceptors (Lipinski definition) is 3.